The largest absolute Gasteiger partial charge is 0.490 e. The number of ether oxygens (including phenoxy) is 1. The summed E-state index contributed by atoms with van der Waals surface area (Å²) >= 11 is 0. The Kier molecular flexibility index (Phi) is 6.60. The lowest BCUT2D eigenvalue weighted by molar-refractivity contribution is 0.251. The van der Waals surface area contributed by atoms with Crippen molar-refractivity contribution in [1.82, 2.24) is 10.3 Å². The predicted molar refractivity (Wildman–Crippen MR) is 127 cm³/mol. The van der Waals surface area contributed by atoms with Crippen molar-refractivity contribution < 1.29 is 17.9 Å². The molecule has 2 aromatic carbocycles. The van der Waals surface area contributed by atoms with Crippen molar-refractivity contribution in [1.29, 1.82) is 0 Å². The molecule has 0 radical (unpaired) electrons. The quantitative estimate of drug-likeness (QED) is 0.519. The highest BCUT2D eigenvalue weighted by Crippen LogP contribution is 2.35. The summed E-state index contributed by atoms with van der Waals surface area (Å²) < 4.78 is 32.5. The van der Waals surface area contributed by atoms with E-state index in [0.717, 1.165) is 5.56 Å². The highest BCUT2D eigenvalue weighted by atomic mass is 32.2. The lowest BCUT2D eigenvalue weighted by Crippen LogP contribution is -2.44. The third-order valence-corrected chi connectivity index (χ3v) is 7.22. The summed E-state index contributed by atoms with van der Waals surface area (Å²) in [6, 6.07) is 16.7. The first kappa shape index (κ1) is 22.3. The molecule has 0 aliphatic carbocycles. The zero-order valence-electron chi connectivity index (χ0n) is 17.8. The molecule has 4 rings (SSSR count). The highest BCUT2D eigenvalue weighted by molar-refractivity contribution is 7.92. The average Bonchev–Trinajstić information content (AvgIpc) is 2.84. The summed E-state index contributed by atoms with van der Waals surface area (Å²) in [5.41, 5.74) is 2.06. The van der Waals surface area contributed by atoms with Crippen molar-refractivity contribution in [2.75, 3.05) is 23.4 Å². The number of carbonyl (C=O) groups is 1. The zero-order valence-corrected chi connectivity index (χ0v) is 18.7. The third kappa shape index (κ3) is 4.98. The molecule has 0 fully saturated rings. The molecule has 2 heterocycles. The Hall–Kier alpha value is -3.85. The molecule has 170 valence electrons. The Bertz CT molecular complexity index is 1230. The van der Waals surface area contributed by atoms with Gasteiger partial charge in [0.2, 0.25) is 9.84 Å². The SMILES string of the molecule is C=CC(N1CCOc2ccccc21)S(=O)(=O)c1ccc(NC(=O)NCc2cccnc2)cc1. The van der Waals surface area contributed by atoms with Crippen LogP contribution in [-0.2, 0) is 16.4 Å². The molecule has 2 N–H and O–H groups in total. The van der Waals surface area contributed by atoms with Crippen LogP contribution in [0.4, 0.5) is 16.2 Å². The van der Waals surface area contributed by atoms with Gasteiger partial charge >= 0.3 is 6.03 Å². The summed E-state index contributed by atoms with van der Waals surface area (Å²) in [6.45, 7) is 4.90. The van der Waals surface area contributed by atoms with Crippen molar-refractivity contribution in [3.8, 4) is 5.75 Å². The van der Waals surface area contributed by atoms with E-state index in [1.165, 1.54) is 18.2 Å². The van der Waals surface area contributed by atoms with Gasteiger partial charge in [-0.15, -0.1) is 0 Å². The maximum absolute atomic E-state index is 13.4. The lowest BCUT2D eigenvalue weighted by atomic mass is 10.2. The van der Waals surface area contributed by atoms with Crippen LogP contribution < -0.4 is 20.3 Å². The van der Waals surface area contributed by atoms with Gasteiger partial charge in [-0.3, -0.25) is 4.98 Å². The van der Waals surface area contributed by atoms with Gasteiger partial charge in [-0.05, 0) is 48.0 Å². The number of benzene rings is 2. The number of amides is 2. The second-order valence-electron chi connectivity index (χ2n) is 7.37. The van der Waals surface area contributed by atoms with Crippen molar-refractivity contribution in [2.24, 2.45) is 0 Å². The van der Waals surface area contributed by atoms with E-state index in [1.54, 1.807) is 35.5 Å². The van der Waals surface area contributed by atoms with Crippen LogP contribution in [0.2, 0.25) is 0 Å². The summed E-state index contributed by atoms with van der Waals surface area (Å²) in [5.74, 6) is 0.641. The number of sulfone groups is 1. The molecule has 1 atom stereocenters. The van der Waals surface area contributed by atoms with Crippen LogP contribution in [0, 0.1) is 0 Å². The minimum absolute atomic E-state index is 0.137. The first-order valence-electron chi connectivity index (χ1n) is 10.4. The van der Waals surface area contributed by atoms with Gasteiger partial charge in [0.1, 0.15) is 12.4 Å². The molecule has 1 unspecified atom stereocenters. The van der Waals surface area contributed by atoms with Gasteiger partial charge in [0, 0.05) is 24.6 Å². The molecule has 33 heavy (non-hydrogen) atoms. The average molecular weight is 465 g/mol. The molecular formula is C24H24N4O4S. The number of para-hydroxylation sites is 2. The maximum atomic E-state index is 13.4. The predicted octanol–water partition coefficient (Wildman–Crippen LogP) is 3.59. The van der Waals surface area contributed by atoms with Gasteiger partial charge in [-0.2, -0.15) is 0 Å². The molecular weight excluding hydrogens is 440 g/mol. The molecule has 1 aliphatic heterocycles. The van der Waals surface area contributed by atoms with Gasteiger partial charge in [0.05, 0.1) is 17.1 Å². The number of nitrogens with zero attached hydrogens (tertiary/aromatic N) is 2. The number of hydrogen-bond donors (Lipinski definition) is 2. The zero-order chi connectivity index (χ0) is 23.3. The number of carbonyl (C=O) groups excluding carboxylic acids is 1. The first-order chi connectivity index (χ1) is 16.0. The van der Waals surface area contributed by atoms with E-state index in [1.807, 2.05) is 30.3 Å². The van der Waals surface area contributed by atoms with Crippen LogP contribution in [0.15, 0.2) is 90.6 Å². The molecule has 0 spiro atoms. The summed E-state index contributed by atoms with van der Waals surface area (Å²) in [4.78, 5) is 18.1. The van der Waals surface area contributed by atoms with Crippen LogP contribution in [0.5, 0.6) is 5.75 Å². The number of pyridine rings is 1. The van der Waals surface area contributed by atoms with E-state index in [0.29, 0.717) is 36.8 Å². The van der Waals surface area contributed by atoms with Crippen molar-refractivity contribution in [3.05, 3.63) is 91.3 Å². The van der Waals surface area contributed by atoms with Gasteiger partial charge in [-0.1, -0.05) is 30.9 Å². The fraction of sp³-hybridized carbons (Fsp3) is 0.167. The van der Waals surface area contributed by atoms with E-state index >= 15 is 0 Å². The number of nitrogens with one attached hydrogen (secondary N) is 2. The fourth-order valence-electron chi connectivity index (χ4n) is 3.60. The Morgan fingerprint density at radius 3 is 2.67 bits per heavy atom. The normalized spacial score (nSPS) is 13.9. The number of fused-ring (bicyclic) bond motifs is 1. The van der Waals surface area contributed by atoms with Crippen LogP contribution in [0.1, 0.15) is 5.56 Å². The molecule has 9 heteroatoms. The topological polar surface area (TPSA) is 101 Å². The van der Waals surface area contributed by atoms with Crippen LogP contribution in [-0.4, -0.2) is 38.0 Å². The van der Waals surface area contributed by atoms with Crippen molar-refractivity contribution >= 4 is 27.2 Å². The summed E-state index contributed by atoms with van der Waals surface area (Å²) in [6.07, 6.45) is 4.76. The molecule has 0 saturated heterocycles. The molecule has 3 aromatic rings. The number of anilines is 2. The standard InChI is InChI=1S/C24H24N4O4S/c1-2-23(28-14-15-32-22-8-4-3-7-21(22)28)33(30,31)20-11-9-19(10-12-20)27-24(29)26-17-18-6-5-13-25-16-18/h2-13,16,23H,1,14-15,17H2,(H2,26,27,29). The summed E-state index contributed by atoms with van der Waals surface area (Å²) in [7, 11) is -3.77. The third-order valence-electron chi connectivity index (χ3n) is 5.21. The molecule has 8 nitrogen and oxygen atoms in total. The van der Waals surface area contributed by atoms with Crippen LogP contribution in [0.25, 0.3) is 0 Å². The molecule has 1 aromatic heterocycles. The minimum atomic E-state index is -3.77. The van der Waals surface area contributed by atoms with Gasteiger partial charge in [0.15, 0.2) is 5.37 Å². The summed E-state index contributed by atoms with van der Waals surface area (Å²) in [5, 5.41) is 4.48. The van der Waals surface area contributed by atoms with E-state index in [2.05, 4.69) is 22.2 Å². The van der Waals surface area contributed by atoms with E-state index in [-0.39, 0.29) is 4.90 Å². The molecule has 2 amide bonds. The number of urea groups is 1. The van der Waals surface area contributed by atoms with Gasteiger partial charge in [0.25, 0.3) is 0 Å². The molecule has 0 bridgehead atoms. The van der Waals surface area contributed by atoms with E-state index in [4.69, 9.17) is 4.74 Å². The Balaban J connectivity index is 1.46. The molecule has 1 aliphatic rings. The highest BCUT2D eigenvalue weighted by Gasteiger charge is 2.33. The van der Waals surface area contributed by atoms with Crippen molar-refractivity contribution in [2.45, 2.75) is 16.8 Å². The van der Waals surface area contributed by atoms with Crippen LogP contribution in [0.3, 0.4) is 0 Å². The first-order valence-corrected chi connectivity index (χ1v) is 11.9. The Morgan fingerprint density at radius 1 is 1.15 bits per heavy atom. The lowest BCUT2D eigenvalue weighted by Gasteiger charge is -2.35. The Labute approximate surface area is 192 Å². The number of hydrogen-bond acceptors (Lipinski definition) is 6. The molecule has 0 saturated carbocycles. The Morgan fingerprint density at radius 2 is 1.94 bits per heavy atom. The second-order valence-corrected chi connectivity index (χ2v) is 9.42. The number of rotatable bonds is 7. The number of aromatic nitrogens is 1. The minimum Gasteiger partial charge on any atom is -0.490 e. The monoisotopic (exact) mass is 464 g/mol. The van der Waals surface area contributed by atoms with E-state index in [9.17, 15) is 13.2 Å². The fourth-order valence-corrected chi connectivity index (χ4v) is 5.21. The van der Waals surface area contributed by atoms with Crippen LogP contribution >= 0.6 is 0 Å². The second kappa shape index (κ2) is 9.74. The smallest absolute Gasteiger partial charge is 0.319 e. The van der Waals surface area contributed by atoms with Gasteiger partial charge < -0.3 is 20.3 Å². The van der Waals surface area contributed by atoms with Crippen molar-refractivity contribution in [3.63, 3.8) is 0 Å². The van der Waals surface area contributed by atoms with Gasteiger partial charge in [-0.25, -0.2) is 13.2 Å². The van der Waals surface area contributed by atoms with E-state index < -0.39 is 21.2 Å². The maximum Gasteiger partial charge on any atom is 0.319 e.